The molecular weight excluding hydrogens is 417 g/mol. The lowest BCUT2D eigenvalue weighted by atomic mass is 10.2. The van der Waals surface area contributed by atoms with E-state index in [0.717, 1.165) is 31.6 Å². The molecule has 2 aromatic carbocycles. The maximum atomic E-state index is 13.0. The van der Waals surface area contributed by atoms with Crippen molar-refractivity contribution in [1.29, 1.82) is 0 Å². The summed E-state index contributed by atoms with van der Waals surface area (Å²) in [6, 6.07) is 11.8. The fraction of sp³-hybridized carbons (Fsp3) is 0.105. The summed E-state index contributed by atoms with van der Waals surface area (Å²) in [4.78, 5) is 21.2. The van der Waals surface area contributed by atoms with Gasteiger partial charge in [0.2, 0.25) is 5.91 Å². The first kappa shape index (κ1) is 18.9. The number of halogens is 1. The molecule has 0 unspecified atom stereocenters. The third kappa shape index (κ3) is 4.32. The minimum atomic E-state index is -0.279. The van der Waals surface area contributed by atoms with Crippen LogP contribution in [0.4, 0.5) is 9.52 Å². The summed E-state index contributed by atoms with van der Waals surface area (Å²) in [5, 5.41) is 5.28. The Morgan fingerprint density at radius 2 is 2.04 bits per heavy atom. The average Bonchev–Trinajstić information content (AvgIpc) is 3.32. The Morgan fingerprint density at radius 3 is 2.82 bits per heavy atom. The number of amides is 1. The average molecular weight is 432 g/mol. The molecule has 0 bridgehead atoms. The number of carbonyl (C=O) groups is 1. The molecule has 9 heteroatoms. The second-order valence-electron chi connectivity index (χ2n) is 5.70. The number of aromatic nitrogens is 2. The molecular formula is C19H14FN3O2S3. The summed E-state index contributed by atoms with van der Waals surface area (Å²) in [5.74, 6) is 0.564. The molecule has 0 spiro atoms. The fourth-order valence-electron chi connectivity index (χ4n) is 2.44. The second kappa shape index (κ2) is 8.26. The number of anilines is 1. The number of nitrogens with zero attached hydrogens (tertiary/aromatic N) is 2. The predicted octanol–water partition coefficient (Wildman–Crippen LogP) is 5.30. The molecule has 0 aliphatic rings. The first-order valence-electron chi connectivity index (χ1n) is 8.19. The molecule has 2 heterocycles. The van der Waals surface area contributed by atoms with Crippen LogP contribution in [0.3, 0.4) is 0 Å². The van der Waals surface area contributed by atoms with Crippen LogP contribution < -0.4 is 10.1 Å². The van der Waals surface area contributed by atoms with E-state index in [0.29, 0.717) is 5.13 Å². The van der Waals surface area contributed by atoms with E-state index in [1.54, 1.807) is 19.2 Å². The molecule has 1 amide bonds. The Labute approximate surface area is 172 Å². The molecule has 0 fully saturated rings. The molecule has 4 aromatic rings. The van der Waals surface area contributed by atoms with Crippen LogP contribution in [0, 0.1) is 5.82 Å². The smallest absolute Gasteiger partial charge is 0.236 e. The largest absolute Gasteiger partial charge is 0.497 e. The van der Waals surface area contributed by atoms with Gasteiger partial charge in [0, 0.05) is 10.9 Å². The van der Waals surface area contributed by atoms with Crippen molar-refractivity contribution >= 4 is 55.7 Å². The van der Waals surface area contributed by atoms with Crippen molar-refractivity contribution in [2.24, 2.45) is 0 Å². The molecule has 5 nitrogen and oxygen atoms in total. The van der Waals surface area contributed by atoms with Gasteiger partial charge in [0.05, 0.1) is 28.8 Å². The van der Waals surface area contributed by atoms with Gasteiger partial charge in [0.15, 0.2) is 9.47 Å². The van der Waals surface area contributed by atoms with Gasteiger partial charge in [-0.2, -0.15) is 0 Å². The highest BCUT2D eigenvalue weighted by Gasteiger charge is 2.11. The highest BCUT2D eigenvalue weighted by atomic mass is 32.2. The van der Waals surface area contributed by atoms with Gasteiger partial charge in [-0.05, 0) is 42.5 Å². The van der Waals surface area contributed by atoms with Crippen molar-refractivity contribution in [1.82, 2.24) is 9.97 Å². The van der Waals surface area contributed by atoms with E-state index in [1.165, 1.54) is 46.6 Å². The predicted molar refractivity (Wildman–Crippen MR) is 113 cm³/mol. The third-order valence-corrected chi connectivity index (χ3v) is 6.75. The number of benzene rings is 2. The first-order valence-corrected chi connectivity index (χ1v) is 10.9. The van der Waals surface area contributed by atoms with Gasteiger partial charge >= 0.3 is 0 Å². The number of hydrogen-bond acceptors (Lipinski definition) is 7. The molecule has 0 radical (unpaired) electrons. The van der Waals surface area contributed by atoms with Crippen LogP contribution >= 0.6 is 34.4 Å². The zero-order valence-corrected chi connectivity index (χ0v) is 17.1. The minimum absolute atomic E-state index is 0.144. The standard InChI is InChI=1S/C19H14FN3O2S3/c1-25-13-6-7-14-16(8-13)28-18(21-14)23-17(24)10-27-19-22-15(9-26-19)11-2-4-12(20)5-3-11/h2-9H,10H2,1H3,(H,21,23,24). The number of ether oxygens (including phenoxy) is 1. The lowest BCUT2D eigenvalue weighted by Gasteiger charge is -1.99. The van der Waals surface area contributed by atoms with Crippen molar-refractivity contribution in [3.8, 4) is 17.0 Å². The van der Waals surface area contributed by atoms with Crippen LogP contribution in [0.5, 0.6) is 5.75 Å². The van der Waals surface area contributed by atoms with Gasteiger partial charge in [-0.1, -0.05) is 23.1 Å². The van der Waals surface area contributed by atoms with Crippen molar-refractivity contribution in [2.75, 3.05) is 18.2 Å². The van der Waals surface area contributed by atoms with E-state index in [2.05, 4.69) is 15.3 Å². The van der Waals surface area contributed by atoms with Gasteiger partial charge in [0.25, 0.3) is 0 Å². The number of rotatable bonds is 6. The number of hydrogen-bond donors (Lipinski definition) is 1. The van der Waals surface area contributed by atoms with E-state index in [9.17, 15) is 9.18 Å². The SMILES string of the molecule is COc1ccc2nc(NC(=O)CSc3nc(-c4ccc(F)cc4)cs3)sc2c1. The molecule has 0 aliphatic heterocycles. The van der Waals surface area contributed by atoms with E-state index in [1.807, 2.05) is 23.6 Å². The normalized spacial score (nSPS) is 10.9. The quantitative estimate of drug-likeness (QED) is 0.420. The zero-order chi connectivity index (χ0) is 19.5. The van der Waals surface area contributed by atoms with E-state index >= 15 is 0 Å². The second-order valence-corrected chi connectivity index (χ2v) is 8.81. The summed E-state index contributed by atoms with van der Waals surface area (Å²) in [7, 11) is 1.61. The number of methoxy groups -OCH3 is 1. The van der Waals surface area contributed by atoms with Crippen LogP contribution in [0.25, 0.3) is 21.5 Å². The number of thiazole rings is 2. The van der Waals surface area contributed by atoms with Gasteiger partial charge in [-0.15, -0.1) is 11.3 Å². The van der Waals surface area contributed by atoms with Gasteiger partial charge in [-0.3, -0.25) is 4.79 Å². The molecule has 0 atom stereocenters. The van der Waals surface area contributed by atoms with E-state index < -0.39 is 0 Å². The van der Waals surface area contributed by atoms with E-state index in [-0.39, 0.29) is 17.5 Å². The Kier molecular flexibility index (Phi) is 5.56. The molecule has 0 saturated heterocycles. The molecule has 28 heavy (non-hydrogen) atoms. The topological polar surface area (TPSA) is 64.1 Å². The van der Waals surface area contributed by atoms with Crippen LogP contribution in [0.1, 0.15) is 0 Å². The van der Waals surface area contributed by atoms with Gasteiger partial charge in [-0.25, -0.2) is 14.4 Å². The highest BCUT2D eigenvalue weighted by molar-refractivity contribution is 8.01. The Balaban J connectivity index is 1.36. The minimum Gasteiger partial charge on any atom is -0.497 e. The molecule has 0 saturated carbocycles. The molecule has 2 aromatic heterocycles. The van der Waals surface area contributed by atoms with Crippen LogP contribution in [-0.4, -0.2) is 28.7 Å². The highest BCUT2D eigenvalue weighted by Crippen LogP contribution is 2.30. The monoisotopic (exact) mass is 431 g/mol. The van der Waals surface area contributed by atoms with Crippen LogP contribution in [0.15, 0.2) is 52.2 Å². The zero-order valence-electron chi connectivity index (χ0n) is 14.6. The maximum Gasteiger partial charge on any atom is 0.236 e. The van der Waals surface area contributed by atoms with Crippen LogP contribution in [-0.2, 0) is 4.79 Å². The van der Waals surface area contributed by atoms with E-state index in [4.69, 9.17) is 4.74 Å². The molecule has 4 rings (SSSR count). The lowest BCUT2D eigenvalue weighted by Crippen LogP contribution is -2.13. The Bertz CT molecular complexity index is 1130. The Morgan fingerprint density at radius 1 is 1.21 bits per heavy atom. The first-order chi connectivity index (χ1) is 13.6. The van der Waals surface area contributed by atoms with Crippen molar-refractivity contribution in [3.05, 3.63) is 53.7 Å². The van der Waals surface area contributed by atoms with Crippen molar-refractivity contribution < 1.29 is 13.9 Å². The van der Waals surface area contributed by atoms with Crippen LogP contribution in [0.2, 0.25) is 0 Å². The fourth-order valence-corrected chi connectivity index (χ4v) is 4.99. The molecule has 142 valence electrons. The summed E-state index contributed by atoms with van der Waals surface area (Å²) in [6.07, 6.45) is 0. The molecule has 1 N–H and O–H groups in total. The lowest BCUT2D eigenvalue weighted by molar-refractivity contribution is -0.113. The number of thioether (sulfide) groups is 1. The van der Waals surface area contributed by atoms with Crippen molar-refractivity contribution in [3.63, 3.8) is 0 Å². The summed E-state index contributed by atoms with van der Waals surface area (Å²) in [6.45, 7) is 0. The third-order valence-electron chi connectivity index (χ3n) is 3.79. The number of carbonyl (C=O) groups excluding carboxylic acids is 1. The Hall–Kier alpha value is -2.49. The number of fused-ring (bicyclic) bond motifs is 1. The summed E-state index contributed by atoms with van der Waals surface area (Å²) < 4.78 is 20.0. The summed E-state index contributed by atoms with van der Waals surface area (Å²) >= 11 is 4.22. The summed E-state index contributed by atoms with van der Waals surface area (Å²) in [5.41, 5.74) is 2.43. The van der Waals surface area contributed by atoms with Gasteiger partial charge in [0.1, 0.15) is 11.6 Å². The van der Waals surface area contributed by atoms with Gasteiger partial charge < -0.3 is 10.1 Å². The molecule has 0 aliphatic carbocycles. The van der Waals surface area contributed by atoms with Crippen molar-refractivity contribution in [2.45, 2.75) is 4.34 Å². The maximum absolute atomic E-state index is 13.0. The number of nitrogens with one attached hydrogen (secondary N) is 1.